The van der Waals surface area contributed by atoms with E-state index in [1.807, 2.05) is 6.92 Å². The Morgan fingerprint density at radius 2 is 1.61 bits per heavy atom. The molecule has 1 fully saturated rings. The molecule has 0 aliphatic carbocycles. The van der Waals surface area contributed by atoms with Crippen LogP contribution in [0.25, 0.3) is 0 Å². The molecule has 120 valence electrons. The van der Waals surface area contributed by atoms with Crippen LogP contribution in [-0.2, 0) is 0 Å². The van der Waals surface area contributed by atoms with Crippen LogP contribution in [0, 0.1) is 12.7 Å². The molecule has 2 heterocycles. The summed E-state index contributed by atoms with van der Waals surface area (Å²) in [7, 11) is 0. The zero-order valence-corrected chi connectivity index (χ0v) is 12.8. The number of hydrogen-bond acceptors (Lipinski definition) is 3. The number of benzene rings is 1. The van der Waals surface area contributed by atoms with Crippen molar-refractivity contribution in [2.75, 3.05) is 26.2 Å². The molecule has 2 amide bonds. The quantitative estimate of drug-likeness (QED) is 0.912. The first kappa shape index (κ1) is 15.2. The standard InChI is InChI=1S/C16H17FN4O2/c1-11-10-14(19-18-11)16(23)21-8-6-20(7-9-21)15(22)12-2-4-13(17)5-3-12/h2-5,10H,6-9H2,1H3,(H,18,19). The van der Waals surface area contributed by atoms with Crippen molar-refractivity contribution in [1.29, 1.82) is 0 Å². The fraction of sp³-hybridized carbons (Fsp3) is 0.312. The Bertz CT molecular complexity index is 718. The number of aromatic amines is 1. The summed E-state index contributed by atoms with van der Waals surface area (Å²) in [5.74, 6) is -0.651. The van der Waals surface area contributed by atoms with Gasteiger partial charge in [-0.2, -0.15) is 5.10 Å². The van der Waals surface area contributed by atoms with E-state index in [-0.39, 0.29) is 17.6 Å². The third-order valence-corrected chi connectivity index (χ3v) is 3.87. The average Bonchev–Trinajstić information content (AvgIpc) is 3.01. The Hall–Kier alpha value is -2.70. The highest BCUT2D eigenvalue weighted by Crippen LogP contribution is 2.12. The molecule has 23 heavy (non-hydrogen) atoms. The van der Waals surface area contributed by atoms with E-state index < -0.39 is 0 Å². The molecule has 1 aromatic heterocycles. The molecule has 1 aliphatic rings. The molecule has 3 rings (SSSR count). The number of rotatable bonds is 2. The number of hydrogen-bond donors (Lipinski definition) is 1. The molecule has 2 aromatic rings. The summed E-state index contributed by atoms with van der Waals surface area (Å²) in [5, 5.41) is 6.72. The van der Waals surface area contributed by atoms with E-state index in [0.29, 0.717) is 37.4 Å². The van der Waals surface area contributed by atoms with Crippen LogP contribution >= 0.6 is 0 Å². The Morgan fingerprint density at radius 3 is 2.13 bits per heavy atom. The number of aryl methyl sites for hydroxylation is 1. The van der Waals surface area contributed by atoms with Crippen molar-refractivity contribution in [3.05, 3.63) is 53.1 Å². The molecule has 0 atom stereocenters. The SMILES string of the molecule is Cc1cc(C(=O)N2CCN(C(=O)c3ccc(F)cc3)CC2)n[nH]1. The maximum atomic E-state index is 12.9. The van der Waals surface area contributed by atoms with Gasteiger partial charge in [-0.15, -0.1) is 0 Å². The summed E-state index contributed by atoms with van der Waals surface area (Å²) >= 11 is 0. The predicted molar refractivity (Wildman–Crippen MR) is 81.5 cm³/mol. The normalized spacial score (nSPS) is 14.9. The van der Waals surface area contributed by atoms with Gasteiger partial charge in [-0.1, -0.05) is 0 Å². The molecule has 6 nitrogen and oxygen atoms in total. The minimum atomic E-state index is -0.369. The maximum Gasteiger partial charge on any atom is 0.274 e. The lowest BCUT2D eigenvalue weighted by Gasteiger charge is -2.34. The number of aromatic nitrogens is 2. The van der Waals surface area contributed by atoms with E-state index in [9.17, 15) is 14.0 Å². The van der Waals surface area contributed by atoms with E-state index in [4.69, 9.17) is 0 Å². The second-order valence-corrected chi connectivity index (χ2v) is 5.53. The fourth-order valence-electron chi connectivity index (χ4n) is 2.58. The average molecular weight is 316 g/mol. The summed E-state index contributed by atoms with van der Waals surface area (Å²) in [6.07, 6.45) is 0. The highest BCUT2D eigenvalue weighted by molar-refractivity contribution is 5.95. The van der Waals surface area contributed by atoms with Gasteiger partial charge in [0.15, 0.2) is 0 Å². The van der Waals surface area contributed by atoms with Gasteiger partial charge in [0.25, 0.3) is 11.8 Å². The monoisotopic (exact) mass is 316 g/mol. The van der Waals surface area contributed by atoms with Crippen LogP contribution in [0.1, 0.15) is 26.5 Å². The molecule has 0 spiro atoms. The lowest BCUT2D eigenvalue weighted by atomic mass is 10.1. The molecule has 1 N–H and O–H groups in total. The molecule has 1 saturated heterocycles. The molecule has 1 aliphatic heterocycles. The van der Waals surface area contributed by atoms with Gasteiger partial charge in [0.1, 0.15) is 11.5 Å². The van der Waals surface area contributed by atoms with Crippen molar-refractivity contribution in [1.82, 2.24) is 20.0 Å². The highest BCUT2D eigenvalue weighted by atomic mass is 19.1. The van der Waals surface area contributed by atoms with Gasteiger partial charge in [-0.25, -0.2) is 4.39 Å². The second kappa shape index (κ2) is 6.20. The van der Waals surface area contributed by atoms with Crippen molar-refractivity contribution in [3.63, 3.8) is 0 Å². The Kier molecular flexibility index (Phi) is 4.10. The van der Waals surface area contributed by atoms with Crippen LogP contribution in [0.4, 0.5) is 4.39 Å². The Morgan fingerprint density at radius 1 is 1.04 bits per heavy atom. The molecular formula is C16H17FN4O2. The predicted octanol–water partition coefficient (Wildman–Crippen LogP) is 1.46. The van der Waals surface area contributed by atoms with Crippen molar-refractivity contribution in [2.45, 2.75) is 6.92 Å². The second-order valence-electron chi connectivity index (χ2n) is 5.53. The Balaban J connectivity index is 1.61. The zero-order valence-electron chi connectivity index (χ0n) is 12.8. The van der Waals surface area contributed by atoms with Crippen LogP contribution in [0.5, 0.6) is 0 Å². The van der Waals surface area contributed by atoms with Gasteiger partial charge in [-0.3, -0.25) is 14.7 Å². The summed E-state index contributed by atoms with van der Waals surface area (Å²) < 4.78 is 12.9. The van der Waals surface area contributed by atoms with Crippen molar-refractivity contribution in [2.24, 2.45) is 0 Å². The molecule has 0 radical (unpaired) electrons. The zero-order chi connectivity index (χ0) is 16.4. The molecule has 1 aromatic carbocycles. The maximum absolute atomic E-state index is 12.9. The summed E-state index contributed by atoms with van der Waals surface area (Å²) in [5.41, 5.74) is 1.67. The van der Waals surface area contributed by atoms with Gasteiger partial charge < -0.3 is 9.80 Å². The van der Waals surface area contributed by atoms with Crippen LogP contribution in [0.2, 0.25) is 0 Å². The lowest BCUT2D eigenvalue weighted by molar-refractivity contribution is 0.0532. The van der Waals surface area contributed by atoms with Crippen molar-refractivity contribution in [3.8, 4) is 0 Å². The fourth-order valence-corrected chi connectivity index (χ4v) is 2.58. The third kappa shape index (κ3) is 3.23. The Labute approximate surface area is 132 Å². The molecular weight excluding hydrogens is 299 g/mol. The van der Waals surface area contributed by atoms with E-state index in [2.05, 4.69) is 10.2 Å². The first-order chi connectivity index (χ1) is 11.0. The first-order valence-corrected chi connectivity index (χ1v) is 7.41. The van der Waals surface area contributed by atoms with Gasteiger partial charge in [0.05, 0.1) is 0 Å². The molecule has 7 heteroatoms. The van der Waals surface area contributed by atoms with Crippen LogP contribution in [0.15, 0.2) is 30.3 Å². The summed E-state index contributed by atoms with van der Waals surface area (Å²) in [6, 6.07) is 7.20. The summed E-state index contributed by atoms with van der Waals surface area (Å²) in [6.45, 7) is 3.65. The smallest absolute Gasteiger partial charge is 0.274 e. The number of carbonyl (C=O) groups is 2. The van der Waals surface area contributed by atoms with Crippen molar-refractivity contribution < 1.29 is 14.0 Å². The number of amides is 2. The largest absolute Gasteiger partial charge is 0.335 e. The number of nitrogens with one attached hydrogen (secondary N) is 1. The number of carbonyl (C=O) groups excluding carboxylic acids is 2. The highest BCUT2D eigenvalue weighted by Gasteiger charge is 2.26. The number of nitrogens with zero attached hydrogens (tertiary/aromatic N) is 3. The van der Waals surface area contributed by atoms with Crippen LogP contribution < -0.4 is 0 Å². The van der Waals surface area contributed by atoms with Gasteiger partial charge >= 0.3 is 0 Å². The van der Waals surface area contributed by atoms with Gasteiger partial charge in [-0.05, 0) is 37.3 Å². The topological polar surface area (TPSA) is 69.3 Å². The number of piperazine rings is 1. The van der Waals surface area contributed by atoms with E-state index >= 15 is 0 Å². The van der Waals surface area contributed by atoms with E-state index in [1.165, 1.54) is 24.3 Å². The summed E-state index contributed by atoms with van der Waals surface area (Å²) in [4.78, 5) is 28.0. The van der Waals surface area contributed by atoms with Gasteiger partial charge in [0.2, 0.25) is 0 Å². The minimum Gasteiger partial charge on any atom is -0.335 e. The van der Waals surface area contributed by atoms with Crippen LogP contribution in [-0.4, -0.2) is 58.0 Å². The lowest BCUT2D eigenvalue weighted by Crippen LogP contribution is -2.50. The third-order valence-electron chi connectivity index (χ3n) is 3.87. The number of H-pyrrole nitrogens is 1. The number of halogens is 1. The molecule has 0 saturated carbocycles. The van der Waals surface area contributed by atoms with Gasteiger partial charge in [0, 0.05) is 37.4 Å². The van der Waals surface area contributed by atoms with Crippen LogP contribution in [0.3, 0.4) is 0 Å². The first-order valence-electron chi connectivity index (χ1n) is 7.41. The molecule has 0 bridgehead atoms. The van der Waals surface area contributed by atoms with E-state index in [0.717, 1.165) is 5.69 Å². The van der Waals surface area contributed by atoms with E-state index in [1.54, 1.807) is 15.9 Å². The minimum absolute atomic E-state index is 0.136. The molecule has 0 unspecified atom stereocenters. The van der Waals surface area contributed by atoms with Crippen molar-refractivity contribution >= 4 is 11.8 Å².